The van der Waals surface area contributed by atoms with E-state index in [0.29, 0.717) is 5.76 Å². The first-order chi connectivity index (χ1) is 5.59. The summed E-state index contributed by atoms with van der Waals surface area (Å²) in [5, 5.41) is 10.2. The molecule has 1 aromatic heterocycles. The SMILES string of the molecule is CC(C)=Cc1ccc([N+](=O)[O-])o1. The Bertz CT molecular complexity index is 321. The van der Waals surface area contributed by atoms with Crippen molar-refractivity contribution in [1.82, 2.24) is 0 Å². The molecule has 1 heterocycles. The summed E-state index contributed by atoms with van der Waals surface area (Å²) < 4.78 is 4.88. The molecule has 12 heavy (non-hydrogen) atoms. The third-order valence-corrected chi connectivity index (χ3v) is 1.22. The summed E-state index contributed by atoms with van der Waals surface area (Å²) in [5.74, 6) is 0.296. The third-order valence-electron chi connectivity index (χ3n) is 1.22. The first-order valence-electron chi connectivity index (χ1n) is 3.49. The summed E-state index contributed by atoms with van der Waals surface area (Å²) in [7, 11) is 0. The fourth-order valence-electron chi connectivity index (χ4n) is 0.802. The first kappa shape index (κ1) is 8.52. The quantitative estimate of drug-likeness (QED) is 0.502. The van der Waals surface area contributed by atoms with Crippen molar-refractivity contribution in [3.63, 3.8) is 0 Å². The Labute approximate surface area is 69.6 Å². The van der Waals surface area contributed by atoms with Crippen LogP contribution in [0.3, 0.4) is 0 Å². The Morgan fingerprint density at radius 3 is 2.67 bits per heavy atom. The molecule has 0 aliphatic carbocycles. The van der Waals surface area contributed by atoms with E-state index in [1.165, 1.54) is 6.07 Å². The molecule has 0 radical (unpaired) electrons. The minimum absolute atomic E-state index is 0.220. The number of furan rings is 1. The van der Waals surface area contributed by atoms with Gasteiger partial charge in [0, 0.05) is 0 Å². The Morgan fingerprint density at radius 2 is 2.25 bits per heavy atom. The largest absolute Gasteiger partial charge is 0.433 e. The number of hydrogen-bond donors (Lipinski definition) is 0. The van der Waals surface area contributed by atoms with Crippen molar-refractivity contribution in [2.45, 2.75) is 13.8 Å². The maximum Gasteiger partial charge on any atom is 0.433 e. The highest BCUT2D eigenvalue weighted by atomic mass is 16.6. The highest BCUT2D eigenvalue weighted by Crippen LogP contribution is 2.17. The molecule has 0 atom stereocenters. The van der Waals surface area contributed by atoms with Crippen molar-refractivity contribution in [1.29, 1.82) is 0 Å². The monoisotopic (exact) mass is 167 g/mol. The lowest BCUT2D eigenvalue weighted by atomic mass is 10.3. The molecule has 4 nitrogen and oxygen atoms in total. The van der Waals surface area contributed by atoms with Crippen LogP contribution in [0.1, 0.15) is 19.6 Å². The van der Waals surface area contributed by atoms with Crippen LogP contribution in [0.5, 0.6) is 0 Å². The molecule has 0 fully saturated rings. The summed E-state index contributed by atoms with van der Waals surface area (Å²) in [4.78, 5) is 9.64. The van der Waals surface area contributed by atoms with E-state index in [4.69, 9.17) is 4.42 Å². The van der Waals surface area contributed by atoms with Crippen molar-refractivity contribution in [2.24, 2.45) is 0 Å². The average molecular weight is 167 g/mol. The van der Waals surface area contributed by atoms with Crippen LogP contribution in [0, 0.1) is 10.1 Å². The number of allylic oxidation sites excluding steroid dienone is 1. The van der Waals surface area contributed by atoms with Gasteiger partial charge in [-0.25, -0.2) is 0 Å². The van der Waals surface area contributed by atoms with Crippen LogP contribution >= 0.6 is 0 Å². The zero-order valence-electron chi connectivity index (χ0n) is 6.90. The molecule has 4 heteroatoms. The van der Waals surface area contributed by atoms with Gasteiger partial charge >= 0.3 is 5.88 Å². The van der Waals surface area contributed by atoms with E-state index in [0.717, 1.165) is 5.57 Å². The van der Waals surface area contributed by atoms with Crippen molar-refractivity contribution in [2.75, 3.05) is 0 Å². The maximum absolute atomic E-state index is 10.2. The van der Waals surface area contributed by atoms with Crippen LogP contribution in [0.25, 0.3) is 6.08 Å². The molecule has 0 aliphatic heterocycles. The molecular weight excluding hydrogens is 158 g/mol. The van der Waals surface area contributed by atoms with E-state index < -0.39 is 4.92 Å². The molecule has 64 valence electrons. The van der Waals surface area contributed by atoms with Gasteiger partial charge in [-0.05, 0) is 26.0 Å². The van der Waals surface area contributed by atoms with Crippen molar-refractivity contribution >= 4 is 12.0 Å². The van der Waals surface area contributed by atoms with Crippen molar-refractivity contribution < 1.29 is 9.34 Å². The van der Waals surface area contributed by atoms with E-state index in [-0.39, 0.29) is 5.88 Å². The normalized spacial score (nSPS) is 9.50. The fraction of sp³-hybridized carbons (Fsp3) is 0.250. The van der Waals surface area contributed by atoms with E-state index >= 15 is 0 Å². The van der Waals surface area contributed by atoms with Gasteiger partial charge in [0.25, 0.3) is 0 Å². The zero-order valence-corrected chi connectivity index (χ0v) is 6.90. The molecule has 0 aliphatic rings. The highest BCUT2D eigenvalue weighted by molar-refractivity contribution is 5.47. The van der Waals surface area contributed by atoms with Gasteiger partial charge in [0.05, 0.1) is 6.07 Å². The average Bonchev–Trinajstić information content (AvgIpc) is 2.34. The zero-order chi connectivity index (χ0) is 9.14. The second-order valence-corrected chi connectivity index (χ2v) is 2.65. The van der Waals surface area contributed by atoms with Crippen molar-refractivity contribution in [3.8, 4) is 0 Å². The summed E-state index contributed by atoms with van der Waals surface area (Å²) >= 11 is 0. The van der Waals surface area contributed by atoms with Gasteiger partial charge in [-0.15, -0.1) is 0 Å². The van der Waals surface area contributed by atoms with Gasteiger partial charge in [-0.1, -0.05) is 5.57 Å². The highest BCUT2D eigenvalue weighted by Gasteiger charge is 2.09. The molecule has 0 saturated heterocycles. The lowest BCUT2D eigenvalue weighted by Crippen LogP contribution is -1.82. The second kappa shape index (κ2) is 3.21. The molecule has 0 N–H and O–H groups in total. The summed E-state index contributed by atoms with van der Waals surface area (Å²) in [6.45, 7) is 3.79. The third kappa shape index (κ3) is 1.95. The Hall–Kier alpha value is -1.58. The van der Waals surface area contributed by atoms with Crippen LogP contribution in [-0.2, 0) is 0 Å². The summed E-state index contributed by atoms with van der Waals surface area (Å²) in [5.41, 5.74) is 1.04. The molecule has 1 aromatic rings. The molecule has 1 rings (SSSR count). The van der Waals surface area contributed by atoms with Gasteiger partial charge in [0.2, 0.25) is 0 Å². The summed E-state index contributed by atoms with van der Waals surface area (Å²) in [6, 6.07) is 2.92. The summed E-state index contributed by atoms with van der Waals surface area (Å²) in [6.07, 6.45) is 1.74. The van der Waals surface area contributed by atoms with Crippen molar-refractivity contribution in [3.05, 3.63) is 33.6 Å². The van der Waals surface area contributed by atoms with Crippen LogP contribution in [0.4, 0.5) is 5.88 Å². The van der Waals surface area contributed by atoms with E-state index in [2.05, 4.69) is 0 Å². The lowest BCUT2D eigenvalue weighted by Gasteiger charge is -1.85. The lowest BCUT2D eigenvalue weighted by molar-refractivity contribution is -0.402. The Morgan fingerprint density at radius 1 is 1.58 bits per heavy atom. The van der Waals surface area contributed by atoms with Gasteiger partial charge < -0.3 is 4.42 Å². The fourth-order valence-corrected chi connectivity index (χ4v) is 0.802. The van der Waals surface area contributed by atoms with Crippen LogP contribution in [0.15, 0.2) is 22.1 Å². The predicted octanol–water partition coefficient (Wildman–Crippen LogP) is 2.61. The van der Waals surface area contributed by atoms with Gasteiger partial charge in [0.15, 0.2) is 0 Å². The van der Waals surface area contributed by atoms with Crippen LogP contribution < -0.4 is 0 Å². The second-order valence-electron chi connectivity index (χ2n) is 2.65. The van der Waals surface area contributed by atoms with Gasteiger partial charge in [-0.2, -0.15) is 0 Å². The standard InChI is InChI=1S/C8H9NO3/c1-6(2)5-7-3-4-8(12-7)9(10)11/h3-5H,1-2H3. The van der Waals surface area contributed by atoms with E-state index in [1.54, 1.807) is 12.1 Å². The minimum atomic E-state index is -0.553. The predicted molar refractivity (Wildman–Crippen MR) is 44.7 cm³/mol. The molecule has 0 unspecified atom stereocenters. The molecule has 0 bridgehead atoms. The smallest absolute Gasteiger partial charge is 0.401 e. The number of hydrogen-bond acceptors (Lipinski definition) is 3. The van der Waals surface area contributed by atoms with Crippen LogP contribution in [-0.4, -0.2) is 4.92 Å². The topological polar surface area (TPSA) is 56.3 Å². The molecular formula is C8H9NO3. The molecule has 0 aromatic carbocycles. The molecule has 0 saturated carbocycles. The Balaban J connectivity index is 2.92. The molecule has 0 spiro atoms. The van der Waals surface area contributed by atoms with Gasteiger partial charge in [0.1, 0.15) is 10.7 Å². The first-order valence-corrected chi connectivity index (χ1v) is 3.49. The Kier molecular flexibility index (Phi) is 2.28. The van der Waals surface area contributed by atoms with E-state index in [1.807, 2.05) is 13.8 Å². The number of rotatable bonds is 2. The van der Waals surface area contributed by atoms with Gasteiger partial charge in [-0.3, -0.25) is 10.1 Å². The molecule has 0 amide bonds. The number of nitrogens with zero attached hydrogens (tertiary/aromatic N) is 1. The van der Waals surface area contributed by atoms with E-state index in [9.17, 15) is 10.1 Å². The number of nitro groups is 1. The maximum atomic E-state index is 10.2. The van der Waals surface area contributed by atoms with Crippen LogP contribution in [0.2, 0.25) is 0 Å². The minimum Gasteiger partial charge on any atom is -0.401 e.